The molecule has 0 aromatic rings. The summed E-state index contributed by atoms with van der Waals surface area (Å²) in [5.41, 5.74) is 1.94. The van der Waals surface area contributed by atoms with Crippen LogP contribution in [0, 0.1) is 10.8 Å². The minimum Gasteiger partial charge on any atom is -0.0982 e. The van der Waals surface area contributed by atoms with Crippen molar-refractivity contribution < 1.29 is 0 Å². The van der Waals surface area contributed by atoms with Crippen LogP contribution < -0.4 is 0 Å². The van der Waals surface area contributed by atoms with Gasteiger partial charge in [0.1, 0.15) is 0 Å². The van der Waals surface area contributed by atoms with E-state index in [-0.39, 0.29) is 5.41 Å². The SMILES string of the molecule is C=C(C(Br)CCC(C)(C)C)C(C)(C)C. The maximum atomic E-state index is 4.18. The largest absolute Gasteiger partial charge is 0.0982 e. The fourth-order valence-electron chi connectivity index (χ4n) is 1.20. The van der Waals surface area contributed by atoms with Crippen LogP contribution in [-0.2, 0) is 0 Å². The summed E-state index contributed by atoms with van der Waals surface area (Å²) in [7, 11) is 0. The van der Waals surface area contributed by atoms with E-state index in [1.807, 2.05) is 0 Å². The van der Waals surface area contributed by atoms with Crippen LogP contribution in [0.1, 0.15) is 54.4 Å². The molecule has 0 aliphatic rings. The van der Waals surface area contributed by atoms with Crippen LogP contribution in [0.2, 0.25) is 0 Å². The van der Waals surface area contributed by atoms with E-state index < -0.39 is 0 Å². The van der Waals surface area contributed by atoms with Crippen LogP contribution in [0.5, 0.6) is 0 Å². The highest BCUT2D eigenvalue weighted by Crippen LogP contribution is 2.34. The quantitative estimate of drug-likeness (QED) is 0.485. The Balaban J connectivity index is 4.11. The van der Waals surface area contributed by atoms with E-state index in [2.05, 4.69) is 64.1 Å². The molecule has 0 heterocycles. The van der Waals surface area contributed by atoms with Crippen LogP contribution in [0.4, 0.5) is 0 Å². The Morgan fingerprint density at radius 3 is 1.86 bits per heavy atom. The Morgan fingerprint density at radius 2 is 1.57 bits per heavy atom. The van der Waals surface area contributed by atoms with E-state index in [1.54, 1.807) is 0 Å². The first-order valence-corrected chi connectivity index (χ1v) is 6.29. The maximum absolute atomic E-state index is 4.18. The van der Waals surface area contributed by atoms with E-state index in [0.29, 0.717) is 10.2 Å². The fourth-order valence-corrected chi connectivity index (χ4v) is 2.12. The summed E-state index contributed by atoms with van der Waals surface area (Å²) < 4.78 is 0. The summed E-state index contributed by atoms with van der Waals surface area (Å²) in [5, 5.41) is 0. The van der Waals surface area contributed by atoms with Crippen molar-refractivity contribution in [3.8, 4) is 0 Å². The highest BCUT2D eigenvalue weighted by atomic mass is 79.9. The average Bonchev–Trinajstić information content (AvgIpc) is 1.95. The van der Waals surface area contributed by atoms with Crippen LogP contribution >= 0.6 is 15.9 Å². The standard InChI is InChI=1S/C13H25Br/c1-10(13(5,6)7)11(14)8-9-12(2,3)4/h11H,1,8-9H2,2-7H3. The van der Waals surface area contributed by atoms with Gasteiger partial charge in [-0.05, 0) is 23.7 Å². The van der Waals surface area contributed by atoms with E-state index in [9.17, 15) is 0 Å². The molecule has 0 aliphatic carbocycles. The highest BCUT2D eigenvalue weighted by molar-refractivity contribution is 9.09. The number of hydrogen-bond acceptors (Lipinski definition) is 0. The molecule has 0 saturated heterocycles. The molecule has 0 saturated carbocycles. The molecule has 0 aliphatic heterocycles. The molecule has 0 N–H and O–H groups in total. The zero-order valence-corrected chi connectivity index (χ0v) is 12.2. The van der Waals surface area contributed by atoms with Crippen molar-refractivity contribution in [2.75, 3.05) is 0 Å². The summed E-state index contributed by atoms with van der Waals surface area (Å²) in [4.78, 5) is 0.460. The van der Waals surface area contributed by atoms with Gasteiger partial charge in [0.25, 0.3) is 0 Å². The van der Waals surface area contributed by atoms with Gasteiger partial charge in [0, 0.05) is 4.83 Å². The van der Waals surface area contributed by atoms with Gasteiger partial charge in [-0.15, -0.1) is 0 Å². The summed E-state index contributed by atoms with van der Waals surface area (Å²) in [6.45, 7) is 17.7. The third-order valence-electron chi connectivity index (χ3n) is 2.49. The topological polar surface area (TPSA) is 0 Å². The monoisotopic (exact) mass is 260 g/mol. The van der Waals surface area contributed by atoms with Gasteiger partial charge < -0.3 is 0 Å². The predicted molar refractivity (Wildman–Crippen MR) is 70.0 cm³/mol. The third kappa shape index (κ3) is 5.85. The number of hydrogen-bond donors (Lipinski definition) is 0. The lowest BCUT2D eigenvalue weighted by atomic mass is 9.82. The second-order valence-electron chi connectivity index (χ2n) is 6.34. The van der Waals surface area contributed by atoms with Crippen LogP contribution in [0.3, 0.4) is 0 Å². The van der Waals surface area contributed by atoms with Gasteiger partial charge >= 0.3 is 0 Å². The second-order valence-corrected chi connectivity index (χ2v) is 7.45. The van der Waals surface area contributed by atoms with Crippen LogP contribution in [0.15, 0.2) is 12.2 Å². The smallest absolute Gasteiger partial charge is 0.0357 e. The average molecular weight is 261 g/mol. The van der Waals surface area contributed by atoms with E-state index in [1.165, 1.54) is 18.4 Å². The molecular formula is C13H25Br. The predicted octanol–water partition coefficient (Wildman–Crippen LogP) is 5.18. The molecule has 0 rings (SSSR count). The minimum absolute atomic E-state index is 0.214. The lowest BCUT2D eigenvalue weighted by molar-refractivity contribution is 0.361. The maximum Gasteiger partial charge on any atom is 0.0357 e. The van der Waals surface area contributed by atoms with Crippen LogP contribution in [0.25, 0.3) is 0 Å². The summed E-state index contributed by atoms with van der Waals surface area (Å²) in [5.74, 6) is 0. The molecule has 1 heteroatoms. The molecule has 0 fully saturated rings. The molecular weight excluding hydrogens is 236 g/mol. The molecule has 0 nitrogen and oxygen atoms in total. The minimum atomic E-state index is 0.214. The van der Waals surface area contributed by atoms with Crippen molar-refractivity contribution in [1.29, 1.82) is 0 Å². The van der Waals surface area contributed by atoms with Gasteiger partial charge in [-0.2, -0.15) is 0 Å². The van der Waals surface area contributed by atoms with Crippen molar-refractivity contribution in [1.82, 2.24) is 0 Å². The lowest BCUT2D eigenvalue weighted by Gasteiger charge is -2.28. The molecule has 84 valence electrons. The van der Waals surface area contributed by atoms with Crippen molar-refractivity contribution in [3.63, 3.8) is 0 Å². The molecule has 0 amide bonds. The van der Waals surface area contributed by atoms with Crippen LogP contribution in [-0.4, -0.2) is 4.83 Å². The molecule has 0 aromatic heterocycles. The van der Waals surface area contributed by atoms with Crippen molar-refractivity contribution in [2.45, 2.75) is 59.2 Å². The number of alkyl halides is 1. The zero-order chi connectivity index (χ0) is 11.6. The Bertz CT molecular complexity index is 190. The fraction of sp³-hybridized carbons (Fsp3) is 0.846. The second kappa shape index (κ2) is 4.83. The summed E-state index contributed by atoms with van der Waals surface area (Å²) >= 11 is 3.73. The van der Waals surface area contributed by atoms with Gasteiger partial charge in [0.05, 0.1) is 0 Å². The molecule has 0 aromatic carbocycles. The van der Waals surface area contributed by atoms with Gasteiger partial charge in [-0.1, -0.05) is 69.6 Å². The Kier molecular flexibility index (Phi) is 4.90. The lowest BCUT2D eigenvalue weighted by Crippen LogP contribution is -2.18. The van der Waals surface area contributed by atoms with E-state index >= 15 is 0 Å². The summed E-state index contributed by atoms with van der Waals surface area (Å²) in [6, 6.07) is 0. The number of halogens is 1. The van der Waals surface area contributed by atoms with Gasteiger partial charge in [0.15, 0.2) is 0 Å². The van der Waals surface area contributed by atoms with Crippen molar-refractivity contribution in [2.24, 2.45) is 10.8 Å². The molecule has 1 unspecified atom stereocenters. The first-order valence-electron chi connectivity index (χ1n) is 5.37. The van der Waals surface area contributed by atoms with E-state index in [4.69, 9.17) is 0 Å². The summed E-state index contributed by atoms with van der Waals surface area (Å²) in [6.07, 6.45) is 2.41. The molecule has 0 spiro atoms. The molecule has 0 bridgehead atoms. The van der Waals surface area contributed by atoms with Gasteiger partial charge in [0.2, 0.25) is 0 Å². The Hall–Kier alpha value is 0.220. The van der Waals surface area contributed by atoms with Crippen molar-refractivity contribution in [3.05, 3.63) is 12.2 Å². The molecule has 0 radical (unpaired) electrons. The molecule has 1 atom stereocenters. The third-order valence-corrected chi connectivity index (χ3v) is 3.50. The molecule has 14 heavy (non-hydrogen) atoms. The van der Waals surface area contributed by atoms with E-state index in [0.717, 1.165) is 0 Å². The first-order chi connectivity index (χ1) is 6.04. The zero-order valence-electron chi connectivity index (χ0n) is 10.6. The van der Waals surface area contributed by atoms with Gasteiger partial charge in [-0.25, -0.2) is 0 Å². The van der Waals surface area contributed by atoms with Crippen molar-refractivity contribution >= 4 is 15.9 Å². The normalized spacial score (nSPS) is 15.4. The highest BCUT2D eigenvalue weighted by Gasteiger charge is 2.22. The Morgan fingerprint density at radius 1 is 1.14 bits per heavy atom. The first kappa shape index (κ1) is 14.2. The number of rotatable bonds is 3. The van der Waals surface area contributed by atoms with Gasteiger partial charge in [-0.3, -0.25) is 0 Å². The Labute approximate surface area is 98.3 Å². The number of allylic oxidation sites excluding steroid dienone is 1.